The molecule has 0 unspecified atom stereocenters. The second-order valence-corrected chi connectivity index (χ2v) is 8.42. The molecule has 0 radical (unpaired) electrons. The second kappa shape index (κ2) is 7.24. The van der Waals surface area contributed by atoms with Gasteiger partial charge < -0.3 is 10.1 Å². The number of rotatable bonds is 4. The van der Waals surface area contributed by atoms with Gasteiger partial charge in [0.15, 0.2) is 9.84 Å². The van der Waals surface area contributed by atoms with E-state index >= 15 is 0 Å². The summed E-state index contributed by atoms with van der Waals surface area (Å²) >= 11 is 7.99. The van der Waals surface area contributed by atoms with E-state index in [1.54, 1.807) is 6.07 Å². The maximum absolute atomic E-state index is 13.9. The molecule has 0 aliphatic rings. The number of hydrogen-bond donors (Lipinski definition) is 1. The molecule has 5 nitrogen and oxygen atoms in total. The van der Waals surface area contributed by atoms with E-state index in [0.29, 0.717) is 8.59 Å². The van der Waals surface area contributed by atoms with Gasteiger partial charge in [0.05, 0.1) is 28.3 Å². The molecular weight excluding hydrogens is 472 g/mol. The lowest BCUT2D eigenvalue weighted by Crippen LogP contribution is -2.15. The van der Waals surface area contributed by atoms with Crippen molar-refractivity contribution in [2.24, 2.45) is 0 Å². The molecule has 2 aromatic rings. The Kier molecular flexibility index (Phi) is 5.71. The molecule has 0 bridgehead atoms. The van der Waals surface area contributed by atoms with E-state index in [1.165, 1.54) is 13.2 Å². The third kappa shape index (κ3) is 4.17. The first kappa shape index (κ1) is 18.9. The molecule has 0 heterocycles. The molecule has 0 saturated heterocycles. The Bertz CT molecular complexity index is 918. The molecule has 0 atom stereocenters. The van der Waals surface area contributed by atoms with E-state index in [0.717, 1.165) is 24.5 Å². The lowest BCUT2D eigenvalue weighted by atomic mass is 10.1. The number of carbonyl (C=O) groups is 1. The standard InChI is InChI=1S/C15H12ClFINO4S/c1-23-14-7-12(18)10(16)6-9(14)15(20)19-13-5-8(24(2,21)22)3-4-11(13)17/h3-7H,1-2H3,(H,19,20). The van der Waals surface area contributed by atoms with Gasteiger partial charge in [-0.3, -0.25) is 4.79 Å². The number of carbonyl (C=O) groups excluding carboxylic acids is 1. The van der Waals surface area contributed by atoms with Crippen molar-refractivity contribution >= 4 is 55.6 Å². The number of amides is 1. The van der Waals surface area contributed by atoms with Crippen molar-refractivity contribution in [2.75, 3.05) is 18.7 Å². The van der Waals surface area contributed by atoms with E-state index < -0.39 is 21.6 Å². The maximum Gasteiger partial charge on any atom is 0.259 e. The van der Waals surface area contributed by atoms with Crippen LogP contribution in [0.3, 0.4) is 0 Å². The summed E-state index contributed by atoms with van der Waals surface area (Å²) in [4.78, 5) is 12.3. The minimum absolute atomic E-state index is 0.104. The maximum atomic E-state index is 13.9. The third-order valence-corrected chi connectivity index (χ3v) is 5.74. The smallest absolute Gasteiger partial charge is 0.259 e. The van der Waals surface area contributed by atoms with Crippen LogP contribution in [0.5, 0.6) is 5.75 Å². The average Bonchev–Trinajstić information content (AvgIpc) is 2.50. The Morgan fingerprint density at radius 2 is 1.96 bits per heavy atom. The van der Waals surface area contributed by atoms with Gasteiger partial charge in [0.1, 0.15) is 11.6 Å². The molecule has 2 aromatic carbocycles. The predicted octanol–water partition coefficient (Wildman–Crippen LogP) is 3.75. The summed E-state index contributed by atoms with van der Waals surface area (Å²) in [5.74, 6) is -1.16. The number of anilines is 1. The van der Waals surface area contributed by atoms with Gasteiger partial charge in [-0.1, -0.05) is 11.6 Å². The number of halogens is 3. The normalized spacial score (nSPS) is 11.2. The summed E-state index contributed by atoms with van der Waals surface area (Å²) in [6.45, 7) is 0. The Hall–Kier alpha value is -1.39. The fourth-order valence-corrected chi connectivity index (χ4v) is 3.14. The van der Waals surface area contributed by atoms with Crippen molar-refractivity contribution in [3.05, 3.63) is 50.3 Å². The molecule has 0 saturated carbocycles. The van der Waals surface area contributed by atoms with Crippen molar-refractivity contribution in [3.8, 4) is 5.75 Å². The molecule has 1 amide bonds. The lowest BCUT2D eigenvalue weighted by molar-refractivity contribution is 0.102. The molecule has 24 heavy (non-hydrogen) atoms. The largest absolute Gasteiger partial charge is 0.496 e. The summed E-state index contributed by atoms with van der Waals surface area (Å²) in [6, 6.07) is 6.13. The van der Waals surface area contributed by atoms with Crippen LogP contribution in [-0.4, -0.2) is 27.7 Å². The van der Waals surface area contributed by atoms with Crippen molar-refractivity contribution in [1.29, 1.82) is 0 Å². The third-order valence-electron chi connectivity index (χ3n) is 3.10. The summed E-state index contributed by atoms with van der Waals surface area (Å²) in [5, 5.41) is 2.68. The van der Waals surface area contributed by atoms with Crippen molar-refractivity contribution in [3.63, 3.8) is 0 Å². The minimum atomic E-state index is -3.53. The molecule has 0 aliphatic carbocycles. The highest BCUT2D eigenvalue weighted by atomic mass is 127. The zero-order valence-electron chi connectivity index (χ0n) is 12.6. The number of methoxy groups -OCH3 is 1. The van der Waals surface area contributed by atoms with Gasteiger partial charge in [0, 0.05) is 9.83 Å². The molecule has 9 heteroatoms. The highest BCUT2D eigenvalue weighted by molar-refractivity contribution is 14.1. The first-order valence-corrected chi connectivity index (χ1v) is 9.82. The fourth-order valence-electron chi connectivity index (χ4n) is 1.90. The van der Waals surface area contributed by atoms with Crippen molar-refractivity contribution < 1.29 is 22.3 Å². The summed E-state index contributed by atoms with van der Waals surface area (Å²) in [5.41, 5.74) is -0.147. The zero-order valence-corrected chi connectivity index (χ0v) is 16.3. The van der Waals surface area contributed by atoms with Crippen LogP contribution in [0.1, 0.15) is 10.4 Å². The van der Waals surface area contributed by atoms with E-state index in [9.17, 15) is 17.6 Å². The lowest BCUT2D eigenvalue weighted by Gasteiger charge is -2.12. The van der Waals surface area contributed by atoms with Gasteiger partial charge in [-0.05, 0) is 52.9 Å². The van der Waals surface area contributed by atoms with Gasteiger partial charge in [-0.15, -0.1) is 0 Å². The molecule has 0 spiro atoms. The number of sulfone groups is 1. The van der Waals surface area contributed by atoms with Gasteiger partial charge in [-0.2, -0.15) is 0 Å². The first-order valence-electron chi connectivity index (χ1n) is 6.47. The Balaban J connectivity index is 2.42. The fraction of sp³-hybridized carbons (Fsp3) is 0.133. The van der Waals surface area contributed by atoms with Gasteiger partial charge in [-0.25, -0.2) is 12.8 Å². The van der Waals surface area contributed by atoms with Crippen LogP contribution in [0.2, 0.25) is 5.02 Å². The molecule has 2 rings (SSSR count). The van der Waals surface area contributed by atoms with Crippen LogP contribution in [0.4, 0.5) is 10.1 Å². The Morgan fingerprint density at radius 3 is 2.54 bits per heavy atom. The molecular formula is C15H12ClFINO4S. The Morgan fingerprint density at radius 1 is 1.29 bits per heavy atom. The van der Waals surface area contributed by atoms with Crippen LogP contribution >= 0.6 is 34.2 Å². The quantitative estimate of drug-likeness (QED) is 0.531. The first-order chi connectivity index (χ1) is 11.1. The highest BCUT2D eigenvalue weighted by Gasteiger charge is 2.18. The van der Waals surface area contributed by atoms with E-state index in [1.807, 2.05) is 22.6 Å². The van der Waals surface area contributed by atoms with Crippen LogP contribution in [0.15, 0.2) is 35.2 Å². The minimum Gasteiger partial charge on any atom is -0.496 e. The van der Waals surface area contributed by atoms with Crippen LogP contribution in [0, 0.1) is 9.39 Å². The van der Waals surface area contributed by atoms with Crippen molar-refractivity contribution in [1.82, 2.24) is 0 Å². The van der Waals surface area contributed by atoms with Crippen LogP contribution < -0.4 is 10.1 Å². The number of benzene rings is 2. The van der Waals surface area contributed by atoms with Gasteiger partial charge >= 0.3 is 0 Å². The molecule has 1 N–H and O–H groups in total. The van der Waals surface area contributed by atoms with Gasteiger partial charge in [0.2, 0.25) is 0 Å². The summed E-state index contributed by atoms with van der Waals surface area (Å²) in [7, 11) is -2.14. The highest BCUT2D eigenvalue weighted by Crippen LogP contribution is 2.29. The van der Waals surface area contributed by atoms with Crippen LogP contribution in [0.25, 0.3) is 0 Å². The summed E-state index contributed by atoms with van der Waals surface area (Å²) in [6.07, 6.45) is 0.994. The second-order valence-electron chi connectivity index (χ2n) is 4.83. The van der Waals surface area contributed by atoms with Gasteiger partial charge in [0.25, 0.3) is 5.91 Å². The van der Waals surface area contributed by atoms with Crippen LogP contribution in [-0.2, 0) is 9.84 Å². The average molecular weight is 484 g/mol. The predicted molar refractivity (Wildman–Crippen MR) is 98.2 cm³/mol. The van der Waals surface area contributed by atoms with Crippen molar-refractivity contribution in [2.45, 2.75) is 4.90 Å². The Labute approximate surface area is 157 Å². The molecule has 0 fully saturated rings. The van der Waals surface area contributed by atoms with E-state index in [-0.39, 0.29) is 21.9 Å². The monoisotopic (exact) mass is 483 g/mol. The summed E-state index contributed by atoms with van der Waals surface area (Å²) < 4.78 is 42.8. The van der Waals surface area contributed by atoms with E-state index in [2.05, 4.69) is 5.32 Å². The van der Waals surface area contributed by atoms with E-state index in [4.69, 9.17) is 16.3 Å². The number of hydrogen-bond acceptors (Lipinski definition) is 4. The number of ether oxygens (including phenoxy) is 1. The molecule has 0 aliphatic heterocycles. The zero-order chi connectivity index (χ0) is 18.1. The molecule has 0 aromatic heterocycles. The number of nitrogens with one attached hydrogen (secondary N) is 1. The SMILES string of the molecule is COc1cc(I)c(Cl)cc1C(=O)Nc1cc(S(C)(=O)=O)ccc1F. The topological polar surface area (TPSA) is 72.5 Å². The molecule has 128 valence electrons.